The first kappa shape index (κ1) is 8.95. The van der Waals surface area contributed by atoms with Crippen LogP contribution in [0.2, 0.25) is 0 Å². The van der Waals surface area contributed by atoms with Gasteiger partial charge in [0.1, 0.15) is 0 Å². The highest BCUT2D eigenvalue weighted by molar-refractivity contribution is 6.05. The Balaban J connectivity index is 2.88. The molecule has 0 aromatic heterocycles. The molecule has 0 aromatic rings. The highest BCUT2D eigenvalue weighted by Crippen LogP contribution is 2.27. The third-order valence-electron chi connectivity index (χ3n) is 1.13. The van der Waals surface area contributed by atoms with Crippen LogP contribution in [-0.2, 0) is 0 Å². The molecule has 1 aliphatic rings. The molecule has 0 amide bonds. The molecule has 1 aliphatic heterocycles. The summed E-state index contributed by atoms with van der Waals surface area (Å²) in [4.78, 5) is 0. The van der Waals surface area contributed by atoms with Crippen LogP contribution in [0.4, 0.5) is 22.0 Å². The topological polar surface area (TPSA) is 26.5 Å². The van der Waals surface area contributed by atoms with Crippen LogP contribution in [0.1, 0.15) is 0 Å². The van der Waals surface area contributed by atoms with E-state index in [2.05, 4.69) is 10.5 Å². The number of halogens is 5. The standard InChI is InChI=1S/C5H2F5N2/c6-4(7)2-1-11-12-3(2)5(8,9)10/h1,4H. The van der Waals surface area contributed by atoms with E-state index in [0.29, 0.717) is 6.20 Å². The predicted octanol–water partition coefficient (Wildman–Crippen LogP) is 1.67. The van der Waals surface area contributed by atoms with Crippen LogP contribution >= 0.6 is 0 Å². The number of rotatable bonds is 1. The Morgan fingerprint density at radius 1 is 1.25 bits per heavy atom. The van der Waals surface area contributed by atoms with E-state index in [4.69, 9.17) is 0 Å². The molecule has 67 valence electrons. The van der Waals surface area contributed by atoms with Crippen LogP contribution in [0.5, 0.6) is 0 Å². The van der Waals surface area contributed by atoms with Crippen LogP contribution in [0, 0.1) is 0 Å². The van der Waals surface area contributed by atoms with E-state index in [9.17, 15) is 22.0 Å². The molecule has 1 radical (unpaired) electrons. The first-order valence-corrected chi connectivity index (χ1v) is 2.76. The molecule has 0 saturated heterocycles. The average molecular weight is 185 g/mol. The lowest BCUT2D eigenvalue weighted by atomic mass is 10.2. The molecule has 0 aliphatic carbocycles. The molecule has 0 spiro atoms. The van der Waals surface area contributed by atoms with E-state index < -0.39 is 23.9 Å². The molecule has 0 unspecified atom stereocenters. The molecule has 0 aromatic carbocycles. The first-order chi connectivity index (χ1) is 5.43. The van der Waals surface area contributed by atoms with Crippen LogP contribution in [0.15, 0.2) is 16.9 Å². The highest BCUT2D eigenvalue weighted by atomic mass is 19.4. The van der Waals surface area contributed by atoms with Gasteiger partial charge in [-0.1, -0.05) is 0 Å². The summed E-state index contributed by atoms with van der Waals surface area (Å²) in [5.41, 5.74) is -0.0318. The van der Waals surface area contributed by atoms with Crippen LogP contribution < -0.4 is 5.43 Å². The van der Waals surface area contributed by atoms with Crippen molar-refractivity contribution in [3.63, 3.8) is 0 Å². The quantitative estimate of drug-likeness (QED) is 0.555. The average Bonchev–Trinajstić information content (AvgIpc) is 2.30. The monoisotopic (exact) mass is 185 g/mol. The molecular weight excluding hydrogens is 183 g/mol. The zero-order valence-corrected chi connectivity index (χ0v) is 5.44. The van der Waals surface area contributed by atoms with Crippen molar-refractivity contribution < 1.29 is 22.0 Å². The third kappa shape index (κ3) is 1.54. The number of hydrogen-bond donors (Lipinski definition) is 0. The van der Waals surface area contributed by atoms with Crippen molar-refractivity contribution in [2.45, 2.75) is 12.6 Å². The summed E-state index contributed by atoms with van der Waals surface area (Å²) < 4.78 is 59.0. The Hall–Kier alpha value is -1.14. The van der Waals surface area contributed by atoms with Crippen LogP contribution in [0.25, 0.3) is 0 Å². The second kappa shape index (κ2) is 2.72. The van der Waals surface area contributed by atoms with Crippen molar-refractivity contribution in [1.82, 2.24) is 5.43 Å². The molecule has 2 nitrogen and oxygen atoms in total. The van der Waals surface area contributed by atoms with Crippen LogP contribution in [-0.4, -0.2) is 18.3 Å². The zero-order valence-electron chi connectivity index (χ0n) is 5.44. The van der Waals surface area contributed by atoms with E-state index in [0.717, 1.165) is 0 Å². The second-order valence-electron chi connectivity index (χ2n) is 1.95. The molecule has 7 heteroatoms. The molecule has 1 heterocycles. The van der Waals surface area contributed by atoms with Gasteiger partial charge in [0.2, 0.25) is 0 Å². The molecule has 1 rings (SSSR count). The fraction of sp³-hybridized carbons (Fsp3) is 0.400. The van der Waals surface area contributed by atoms with Gasteiger partial charge >= 0.3 is 6.18 Å². The fourth-order valence-electron chi connectivity index (χ4n) is 0.648. The van der Waals surface area contributed by atoms with E-state index in [1.807, 2.05) is 0 Å². The highest BCUT2D eigenvalue weighted by Gasteiger charge is 2.43. The van der Waals surface area contributed by atoms with E-state index in [1.54, 1.807) is 0 Å². The Kier molecular flexibility index (Phi) is 2.03. The van der Waals surface area contributed by atoms with E-state index in [1.165, 1.54) is 0 Å². The number of allylic oxidation sites excluding steroid dienone is 1. The molecule has 0 fully saturated rings. The third-order valence-corrected chi connectivity index (χ3v) is 1.13. The van der Waals surface area contributed by atoms with Crippen molar-refractivity contribution in [1.29, 1.82) is 0 Å². The summed E-state index contributed by atoms with van der Waals surface area (Å²) in [5, 5.41) is 2.55. The van der Waals surface area contributed by atoms with Gasteiger partial charge in [0.25, 0.3) is 6.43 Å². The Morgan fingerprint density at radius 2 is 1.83 bits per heavy atom. The maximum absolute atomic E-state index is 11.8. The molecule has 0 bridgehead atoms. The lowest BCUT2D eigenvalue weighted by molar-refractivity contribution is -0.0593. The largest absolute Gasteiger partial charge is 0.435 e. The first-order valence-electron chi connectivity index (χ1n) is 2.76. The van der Waals surface area contributed by atoms with Crippen molar-refractivity contribution >= 4 is 5.71 Å². The minimum Gasteiger partial charge on any atom is -0.205 e. The van der Waals surface area contributed by atoms with Gasteiger partial charge in [-0.3, -0.25) is 0 Å². The maximum atomic E-state index is 11.8. The SMILES string of the molecule is FC(F)C1=C[N]N=C1C(F)(F)F. The number of hydrogen-bond acceptors (Lipinski definition) is 1. The van der Waals surface area contributed by atoms with Gasteiger partial charge in [-0.2, -0.15) is 18.6 Å². The number of alkyl halides is 5. The Morgan fingerprint density at radius 3 is 2.17 bits per heavy atom. The number of nitrogens with zero attached hydrogens (tertiary/aromatic N) is 2. The predicted molar refractivity (Wildman–Crippen MR) is 29.7 cm³/mol. The Bertz CT molecular complexity index is 239. The fourth-order valence-corrected chi connectivity index (χ4v) is 0.648. The summed E-state index contributed by atoms with van der Waals surface area (Å²) in [7, 11) is 0. The summed E-state index contributed by atoms with van der Waals surface area (Å²) in [5.74, 6) is 0. The second-order valence-corrected chi connectivity index (χ2v) is 1.95. The van der Waals surface area contributed by atoms with Crippen molar-refractivity contribution in [2.24, 2.45) is 5.10 Å². The maximum Gasteiger partial charge on any atom is 0.435 e. The molecule has 0 N–H and O–H groups in total. The smallest absolute Gasteiger partial charge is 0.205 e. The molecule has 12 heavy (non-hydrogen) atoms. The van der Waals surface area contributed by atoms with Gasteiger partial charge < -0.3 is 0 Å². The van der Waals surface area contributed by atoms with Gasteiger partial charge in [-0.05, 0) is 0 Å². The summed E-state index contributed by atoms with van der Waals surface area (Å²) in [6, 6.07) is 0. The van der Waals surface area contributed by atoms with Gasteiger partial charge in [0, 0.05) is 0 Å². The normalized spacial score (nSPS) is 17.5. The van der Waals surface area contributed by atoms with Gasteiger partial charge in [0.05, 0.1) is 11.8 Å². The van der Waals surface area contributed by atoms with E-state index >= 15 is 0 Å². The summed E-state index contributed by atoms with van der Waals surface area (Å²) in [6.07, 6.45) is -7.65. The minimum absolute atomic E-state index is 0.410. The zero-order chi connectivity index (χ0) is 9.35. The Labute approximate surface area is 63.7 Å². The molecule has 0 saturated carbocycles. The van der Waals surface area contributed by atoms with Gasteiger partial charge in [-0.25, -0.2) is 8.78 Å². The van der Waals surface area contributed by atoms with Crippen molar-refractivity contribution in [2.75, 3.05) is 0 Å². The van der Waals surface area contributed by atoms with E-state index in [-0.39, 0.29) is 0 Å². The van der Waals surface area contributed by atoms with Gasteiger partial charge in [0.15, 0.2) is 5.71 Å². The summed E-state index contributed by atoms with van der Waals surface area (Å²) >= 11 is 0. The lowest BCUT2D eigenvalue weighted by Gasteiger charge is -2.07. The van der Waals surface area contributed by atoms with Crippen molar-refractivity contribution in [3.8, 4) is 0 Å². The summed E-state index contributed by atoms with van der Waals surface area (Å²) in [6.45, 7) is 0. The van der Waals surface area contributed by atoms with Crippen LogP contribution in [0.3, 0.4) is 0 Å². The van der Waals surface area contributed by atoms with Crippen molar-refractivity contribution in [3.05, 3.63) is 11.8 Å². The minimum atomic E-state index is -4.86. The molecular formula is C5H2F5N2. The lowest BCUT2D eigenvalue weighted by Crippen LogP contribution is -2.26. The van der Waals surface area contributed by atoms with Gasteiger partial charge in [-0.15, -0.1) is 5.10 Å². The molecule has 0 atom stereocenters.